The maximum absolute atomic E-state index is 10.5. The largest absolute Gasteiger partial charge is 1.00 e. The van der Waals surface area contributed by atoms with Gasteiger partial charge in [-0.2, -0.15) is 5.10 Å². The minimum Gasteiger partial charge on any atom is -0.543 e. The number of fused-ring (bicyclic) bond motifs is 1. The summed E-state index contributed by atoms with van der Waals surface area (Å²) in [5, 5.41) is 14.2. The Kier molecular flexibility index (Phi) is 2.65. The molecule has 0 unspecified atom stereocenters. The van der Waals surface area contributed by atoms with Crippen LogP contribution < -0.4 is 24.0 Å². The number of aromatic carboxylic acids is 1. The number of carboxylic acids is 1. The Bertz CT molecular complexity index is 441. The van der Waals surface area contributed by atoms with Crippen LogP contribution in [-0.2, 0) is 0 Å². The molecule has 0 aliphatic heterocycles. The van der Waals surface area contributed by atoms with Crippen LogP contribution in [0.2, 0.25) is 0 Å². The molecule has 6 nitrogen and oxygen atoms in total. The third-order valence-electron chi connectivity index (χ3n) is 1.39. The summed E-state index contributed by atoms with van der Waals surface area (Å²) < 4.78 is 1.32. The smallest absolute Gasteiger partial charge is 0.543 e. The molecule has 0 aliphatic carbocycles. The summed E-state index contributed by atoms with van der Waals surface area (Å²) in [4.78, 5) is 17.8. The zero-order chi connectivity index (χ0) is 8.55. The molecule has 0 spiro atoms. The Morgan fingerprint density at radius 3 is 2.92 bits per heavy atom. The monoisotopic (exact) mass is 170 g/mol. The average Bonchev–Trinajstić information content (AvgIpc) is 2.49. The molecule has 13 heavy (non-hydrogen) atoms. The molecule has 0 aromatic carbocycles. The Hall–Kier alpha value is -1.38. The standard InChI is InChI=1S/C6H4N4O2.Li/c11-6(12)4-5-8-3-9-10(5)2-1-7-4;/h1-3H,(H,11,12);/q;+1/p-1. The van der Waals surface area contributed by atoms with Gasteiger partial charge < -0.3 is 9.90 Å². The molecule has 0 N–H and O–H groups in total. The molecule has 0 saturated carbocycles. The normalized spacial score (nSPS) is 9.54. The molecule has 60 valence electrons. The molecular weight excluding hydrogens is 167 g/mol. The van der Waals surface area contributed by atoms with E-state index in [-0.39, 0.29) is 30.2 Å². The van der Waals surface area contributed by atoms with Gasteiger partial charge in [-0.25, -0.2) is 14.5 Å². The Labute approximate surface area is 84.8 Å². The van der Waals surface area contributed by atoms with E-state index in [9.17, 15) is 9.90 Å². The summed E-state index contributed by atoms with van der Waals surface area (Å²) in [7, 11) is 0. The van der Waals surface area contributed by atoms with Gasteiger partial charge in [-0.3, -0.25) is 0 Å². The van der Waals surface area contributed by atoms with Crippen LogP contribution in [0.25, 0.3) is 5.65 Å². The fourth-order valence-electron chi connectivity index (χ4n) is 0.901. The van der Waals surface area contributed by atoms with Crippen LogP contribution in [0, 0.1) is 0 Å². The van der Waals surface area contributed by atoms with Crippen LogP contribution in [0.5, 0.6) is 0 Å². The Morgan fingerprint density at radius 1 is 1.46 bits per heavy atom. The second-order valence-electron chi connectivity index (χ2n) is 2.09. The van der Waals surface area contributed by atoms with Crippen molar-refractivity contribution < 1.29 is 28.8 Å². The van der Waals surface area contributed by atoms with Crippen LogP contribution >= 0.6 is 0 Å². The SMILES string of the molecule is O=C([O-])c1nccn2ncnc12.[Li+]. The topological polar surface area (TPSA) is 83.2 Å². The number of hydrogen-bond acceptors (Lipinski definition) is 5. The quantitative estimate of drug-likeness (QED) is 0.403. The summed E-state index contributed by atoms with van der Waals surface area (Å²) in [5.41, 5.74) is -0.00694. The van der Waals surface area contributed by atoms with E-state index < -0.39 is 5.97 Å². The first-order valence-electron chi connectivity index (χ1n) is 3.15. The first kappa shape index (κ1) is 9.70. The number of carbonyl (C=O) groups excluding carboxylic acids is 1. The molecule has 2 heterocycles. The number of carboxylic acid groups (broad SMARTS) is 1. The summed E-state index contributed by atoms with van der Waals surface area (Å²) in [6.07, 6.45) is 4.09. The number of carbonyl (C=O) groups is 1. The maximum Gasteiger partial charge on any atom is 1.00 e. The zero-order valence-electron chi connectivity index (χ0n) is 6.84. The van der Waals surface area contributed by atoms with Crippen molar-refractivity contribution in [2.24, 2.45) is 0 Å². The van der Waals surface area contributed by atoms with Gasteiger partial charge in [-0.05, 0) is 0 Å². The molecule has 0 radical (unpaired) electrons. The van der Waals surface area contributed by atoms with E-state index in [0.29, 0.717) is 0 Å². The zero-order valence-corrected chi connectivity index (χ0v) is 6.84. The fraction of sp³-hybridized carbons (Fsp3) is 0. The summed E-state index contributed by atoms with van der Waals surface area (Å²) >= 11 is 0. The van der Waals surface area contributed by atoms with E-state index in [1.807, 2.05) is 0 Å². The minimum absolute atomic E-state index is 0. The van der Waals surface area contributed by atoms with Crippen molar-refractivity contribution >= 4 is 11.6 Å². The van der Waals surface area contributed by atoms with Gasteiger partial charge >= 0.3 is 18.9 Å². The van der Waals surface area contributed by atoms with Crippen molar-refractivity contribution in [1.29, 1.82) is 0 Å². The molecule has 7 heteroatoms. The van der Waals surface area contributed by atoms with Crippen LogP contribution in [0.3, 0.4) is 0 Å². The van der Waals surface area contributed by atoms with Crippen molar-refractivity contribution in [3.05, 3.63) is 24.4 Å². The van der Waals surface area contributed by atoms with Crippen LogP contribution in [0.4, 0.5) is 0 Å². The molecule has 0 aliphatic rings. The summed E-state index contributed by atoms with van der Waals surface area (Å²) in [6, 6.07) is 0. The second kappa shape index (κ2) is 3.56. The molecule has 0 amide bonds. The Morgan fingerprint density at radius 2 is 2.23 bits per heavy atom. The van der Waals surface area contributed by atoms with Crippen LogP contribution in [0.15, 0.2) is 18.7 Å². The van der Waals surface area contributed by atoms with Gasteiger partial charge in [0.15, 0.2) is 5.65 Å². The van der Waals surface area contributed by atoms with Gasteiger partial charge in [0.1, 0.15) is 12.0 Å². The van der Waals surface area contributed by atoms with E-state index in [1.165, 1.54) is 23.2 Å². The van der Waals surface area contributed by atoms with Crippen molar-refractivity contribution in [3.63, 3.8) is 0 Å². The van der Waals surface area contributed by atoms with Crippen molar-refractivity contribution in [3.8, 4) is 0 Å². The number of aromatic nitrogens is 4. The summed E-state index contributed by atoms with van der Waals surface area (Å²) in [5.74, 6) is -1.35. The molecule has 2 aromatic heterocycles. The van der Waals surface area contributed by atoms with Crippen molar-refractivity contribution in [2.75, 3.05) is 0 Å². The molecule has 0 fully saturated rings. The van der Waals surface area contributed by atoms with Gasteiger partial charge in [-0.15, -0.1) is 0 Å². The second-order valence-corrected chi connectivity index (χ2v) is 2.09. The van der Waals surface area contributed by atoms with E-state index in [4.69, 9.17) is 0 Å². The van der Waals surface area contributed by atoms with Crippen molar-refractivity contribution in [1.82, 2.24) is 19.6 Å². The Balaban J connectivity index is 0.000000845. The minimum atomic E-state index is -1.35. The number of hydrogen-bond donors (Lipinski definition) is 0. The van der Waals surface area contributed by atoms with E-state index in [1.54, 1.807) is 0 Å². The third-order valence-corrected chi connectivity index (χ3v) is 1.39. The predicted molar refractivity (Wildman–Crippen MR) is 35.1 cm³/mol. The molecule has 0 atom stereocenters. The molecule has 0 bridgehead atoms. The van der Waals surface area contributed by atoms with E-state index >= 15 is 0 Å². The predicted octanol–water partition coefficient (Wildman–Crippen LogP) is -4.51. The van der Waals surface area contributed by atoms with Crippen molar-refractivity contribution in [2.45, 2.75) is 0 Å². The number of rotatable bonds is 1. The van der Waals surface area contributed by atoms with Gasteiger partial charge in [-0.1, -0.05) is 0 Å². The van der Waals surface area contributed by atoms with Crippen LogP contribution in [0.1, 0.15) is 10.5 Å². The average molecular weight is 170 g/mol. The van der Waals surface area contributed by atoms with Gasteiger partial charge in [0.05, 0.1) is 5.97 Å². The number of nitrogens with zero attached hydrogens (tertiary/aromatic N) is 4. The summed E-state index contributed by atoms with van der Waals surface area (Å²) in [6.45, 7) is 0. The van der Waals surface area contributed by atoms with Gasteiger partial charge in [0.25, 0.3) is 0 Å². The van der Waals surface area contributed by atoms with E-state index in [0.717, 1.165) is 0 Å². The third kappa shape index (κ3) is 1.54. The van der Waals surface area contributed by atoms with E-state index in [2.05, 4.69) is 15.1 Å². The molecular formula is C6H3LiN4O2. The molecule has 0 saturated heterocycles. The fourth-order valence-corrected chi connectivity index (χ4v) is 0.901. The molecule has 2 aromatic rings. The first-order valence-corrected chi connectivity index (χ1v) is 3.15. The van der Waals surface area contributed by atoms with Crippen LogP contribution in [-0.4, -0.2) is 25.6 Å². The molecule has 2 rings (SSSR count). The van der Waals surface area contributed by atoms with Gasteiger partial charge in [0.2, 0.25) is 0 Å². The van der Waals surface area contributed by atoms with Gasteiger partial charge in [0, 0.05) is 12.4 Å². The first-order chi connectivity index (χ1) is 5.79. The maximum atomic E-state index is 10.5.